The molecule has 592 valence electrons. The zero-order valence-electron chi connectivity index (χ0n) is 63.4. The van der Waals surface area contributed by atoms with Crippen LogP contribution >= 0.6 is 0 Å². The van der Waals surface area contributed by atoms with E-state index in [1.54, 1.807) is 6.08 Å². The van der Waals surface area contributed by atoms with Crippen LogP contribution in [-0.2, 0) is 33.2 Å². The van der Waals surface area contributed by atoms with Gasteiger partial charge in [-0.05, 0) is 57.8 Å². The zero-order chi connectivity index (χ0) is 73.2. The summed E-state index contributed by atoms with van der Waals surface area (Å²) in [6, 6.07) is -0.972. The summed E-state index contributed by atoms with van der Waals surface area (Å²) in [6.45, 7) is 1.75. The fraction of sp³-hybridized carbons (Fsp3) is 0.890. The van der Waals surface area contributed by atoms with Crippen molar-refractivity contribution >= 4 is 5.91 Å². The van der Waals surface area contributed by atoms with Crippen LogP contribution in [0, 0.1) is 0 Å². The van der Waals surface area contributed by atoms with Crippen molar-refractivity contribution in [3.63, 3.8) is 0 Å². The van der Waals surface area contributed by atoms with Crippen LogP contribution in [0.1, 0.15) is 335 Å². The molecule has 0 radical (unpaired) electrons. The van der Waals surface area contributed by atoms with E-state index in [2.05, 4.69) is 55.6 Å². The highest BCUT2D eigenvalue weighted by atomic mass is 16.8. The van der Waals surface area contributed by atoms with Crippen LogP contribution in [0.15, 0.2) is 48.6 Å². The zero-order valence-corrected chi connectivity index (χ0v) is 63.4. The van der Waals surface area contributed by atoms with E-state index in [4.69, 9.17) is 28.4 Å². The van der Waals surface area contributed by atoms with Gasteiger partial charge in [0.1, 0.15) is 73.2 Å². The highest BCUT2D eigenvalue weighted by Crippen LogP contribution is 2.33. The SMILES string of the molecule is CCCCCCC/C=C\C/C=C\C/C=C\CCCCCCCCCCCCCCCCCCCCCCCCCCCCC(=O)NC(COC1OC(CO)C(OC2OC(CO)C(OC3OC(CO)C(O)C(O)C3O)C(O)C2O)C(O)C1O)C(O)/C=C/CCCCCCCCCCCCCCC. The van der Waals surface area contributed by atoms with Crippen molar-refractivity contribution in [2.45, 2.75) is 439 Å². The number of carbonyl (C=O) groups is 1. The van der Waals surface area contributed by atoms with Gasteiger partial charge in [0.25, 0.3) is 0 Å². The van der Waals surface area contributed by atoms with Gasteiger partial charge in [-0.25, -0.2) is 0 Å². The Balaban J connectivity index is 1.27. The molecule has 0 aromatic carbocycles. The molecule has 0 aromatic rings. The molecule has 3 fully saturated rings. The van der Waals surface area contributed by atoms with Gasteiger partial charge < -0.3 is 89.9 Å². The number of amides is 1. The maximum absolute atomic E-state index is 13.5. The standard InChI is InChI=1S/C82H151NO18/c1-3-5-7-9-11-13-15-17-19-20-21-22-23-24-25-26-27-28-29-30-31-32-33-34-35-36-37-38-39-40-41-42-43-44-46-48-50-52-54-56-58-60-70(88)83-65(66(87)59-57-55-53-51-49-47-45-18-16-14-12-10-8-6-4-2)64-96-80-76(94)73(91)78(68(62-85)98-80)101-82-77(95)74(92)79(69(63-86)99-82)100-81-75(93)72(90)71(89)67(61-84)97-81/h15,17,20-21,23-24,57,59,65-69,71-82,84-87,89-95H,3-14,16,18-19,22,25-56,58,60-64H2,1-2H3,(H,83,88)/b17-15-,21-20-,24-23-,59-57+. The maximum atomic E-state index is 13.5. The number of carbonyl (C=O) groups excluding carboxylic acids is 1. The van der Waals surface area contributed by atoms with Crippen molar-refractivity contribution in [1.29, 1.82) is 0 Å². The topological polar surface area (TPSA) is 307 Å². The maximum Gasteiger partial charge on any atom is 0.220 e. The van der Waals surface area contributed by atoms with Crippen molar-refractivity contribution in [2.24, 2.45) is 0 Å². The molecule has 0 aliphatic carbocycles. The van der Waals surface area contributed by atoms with Crippen LogP contribution in [-0.4, -0.2) is 193 Å². The van der Waals surface area contributed by atoms with Gasteiger partial charge in [0.2, 0.25) is 5.91 Å². The molecule has 12 N–H and O–H groups in total. The lowest BCUT2D eigenvalue weighted by Gasteiger charge is -2.48. The molecule has 101 heavy (non-hydrogen) atoms. The third-order valence-corrected chi connectivity index (χ3v) is 20.6. The first-order valence-corrected chi connectivity index (χ1v) is 41.4. The first-order chi connectivity index (χ1) is 49.3. The third-order valence-electron chi connectivity index (χ3n) is 20.6. The Bertz CT molecular complexity index is 2010. The molecular weight excluding hydrogens is 1290 g/mol. The summed E-state index contributed by atoms with van der Waals surface area (Å²) in [5.74, 6) is -0.270. The molecule has 1 amide bonds. The molecule has 19 nitrogen and oxygen atoms in total. The largest absolute Gasteiger partial charge is 0.394 e. The minimum Gasteiger partial charge on any atom is -0.394 e. The summed E-state index contributed by atoms with van der Waals surface area (Å²) in [5, 5.41) is 121. The fourth-order valence-electron chi connectivity index (χ4n) is 14.0. The van der Waals surface area contributed by atoms with Gasteiger partial charge in [0, 0.05) is 6.42 Å². The molecule has 3 saturated heterocycles. The monoisotopic (exact) mass is 1440 g/mol. The summed E-state index contributed by atoms with van der Waals surface area (Å²) in [4.78, 5) is 13.5. The highest BCUT2D eigenvalue weighted by Gasteiger charge is 2.54. The number of rotatable bonds is 66. The summed E-state index contributed by atoms with van der Waals surface area (Å²) in [6.07, 6.45) is 52.7. The van der Waals surface area contributed by atoms with Gasteiger partial charge in [0.15, 0.2) is 18.9 Å². The first kappa shape index (κ1) is 93.0. The number of aliphatic hydroxyl groups is 11. The quantitative estimate of drug-likeness (QED) is 0.0199. The molecule has 3 rings (SSSR count). The third kappa shape index (κ3) is 42.8. The Morgan fingerprint density at radius 1 is 0.356 bits per heavy atom. The van der Waals surface area contributed by atoms with Gasteiger partial charge in [-0.1, -0.05) is 319 Å². The summed E-state index contributed by atoms with van der Waals surface area (Å²) in [7, 11) is 0. The minimum atomic E-state index is -1.98. The Morgan fingerprint density at radius 3 is 1.02 bits per heavy atom. The Morgan fingerprint density at radius 2 is 0.653 bits per heavy atom. The van der Waals surface area contributed by atoms with E-state index in [1.807, 2.05) is 6.08 Å². The van der Waals surface area contributed by atoms with Crippen molar-refractivity contribution in [3.8, 4) is 0 Å². The second-order valence-corrected chi connectivity index (χ2v) is 29.6. The predicted molar refractivity (Wildman–Crippen MR) is 402 cm³/mol. The lowest BCUT2D eigenvalue weighted by Crippen LogP contribution is -2.66. The Kier molecular flexibility index (Phi) is 57.8. The van der Waals surface area contributed by atoms with Crippen LogP contribution < -0.4 is 5.32 Å². The number of hydrogen-bond acceptors (Lipinski definition) is 18. The number of ether oxygens (including phenoxy) is 6. The van der Waals surface area contributed by atoms with E-state index in [0.29, 0.717) is 6.42 Å². The second-order valence-electron chi connectivity index (χ2n) is 29.6. The van der Waals surface area contributed by atoms with Crippen LogP contribution in [0.3, 0.4) is 0 Å². The normalized spacial score (nSPS) is 26.5. The molecule has 0 spiro atoms. The summed E-state index contributed by atoms with van der Waals surface area (Å²) >= 11 is 0. The number of aliphatic hydroxyl groups excluding tert-OH is 11. The van der Waals surface area contributed by atoms with E-state index in [1.165, 1.54) is 250 Å². The van der Waals surface area contributed by atoms with E-state index < -0.39 is 124 Å². The minimum absolute atomic E-state index is 0.247. The van der Waals surface area contributed by atoms with Crippen LogP contribution in [0.2, 0.25) is 0 Å². The van der Waals surface area contributed by atoms with Gasteiger partial charge in [0.05, 0.1) is 38.6 Å². The van der Waals surface area contributed by atoms with E-state index in [0.717, 1.165) is 57.8 Å². The molecule has 19 heteroatoms. The highest BCUT2D eigenvalue weighted by molar-refractivity contribution is 5.76. The van der Waals surface area contributed by atoms with Crippen LogP contribution in [0.25, 0.3) is 0 Å². The van der Waals surface area contributed by atoms with Crippen LogP contribution in [0.4, 0.5) is 0 Å². The molecule has 0 bridgehead atoms. The van der Waals surface area contributed by atoms with Gasteiger partial charge in [-0.3, -0.25) is 4.79 Å². The molecular formula is C82H151NO18. The Labute approximate surface area is 612 Å². The van der Waals surface area contributed by atoms with E-state index >= 15 is 0 Å². The van der Waals surface area contributed by atoms with Crippen molar-refractivity contribution < 1.29 is 89.4 Å². The van der Waals surface area contributed by atoms with E-state index in [-0.39, 0.29) is 18.9 Å². The lowest BCUT2D eigenvalue weighted by molar-refractivity contribution is -0.379. The molecule has 3 heterocycles. The smallest absolute Gasteiger partial charge is 0.220 e. The summed E-state index contributed by atoms with van der Waals surface area (Å²) in [5.41, 5.74) is 0. The van der Waals surface area contributed by atoms with Crippen molar-refractivity contribution in [1.82, 2.24) is 5.32 Å². The molecule has 17 unspecified atom stereocenters. The molecule has 3 aliphatic heterocycles. The van der Waals surface area contributed by atoms with Crippen LogP contribution in [0.5, 0.6) is 0 Å². The van der Waals surface area contributed by atoms with Gasteiger partial charge in [-0.2, -0.15) is 0 Å². The molecule has 0 aromatic heterocycles. The second kappa shape index (κ2) is 62.8. The first-order valence-electron chi connectivity index (χ1n) is 41.4. The van der Waals surface area contributed by atoms with E-state index in [9.17, 15) is 61.0 Å². The van der Waals surface area contributed by atoms with Crippen molar-refractivity contribution in [3.05, 3.63) is 48.6 Å². The fourth-order valence-corrected chi connectivity index (χ4v) is 14.0. The molecule has 3 aliphatic rings. The lowest BCUT2D eigenvalue weighted by atomic mass is 9.96. The predicted octanol–water partition coefficient (Wildman–Crippen LogP) is 14.1. The van der Waals surface area contributed by atoms with Gasteiger partial charge >= 0.3 is 0 Å². The number of nitrogens with one attached hydrogen (secondary N) is 1. The molecule has 0 saturated carbocycles. The Hall–Kier alpha value is -2.25. The van der Waals surface area contributed by atoms with Crippen molar-refractivity contribution in [2.75, 3.05) is 26.4 Å². The average molecular weight is 1440 g/mol. The van der Waals surface area contributed by atoms with Gasteiger partial charge in [-0.15, -0.1) is 0 Å². The number of hydrogen-bond donors (Lipinski definition) is 12. The average Bonchev–Trinajstić information content (AvgIpc) is 0.782. The summed E-state index contributed by atoms with van der Waals surface area (Å²) < 4.78 is 34.4. The number of allylic oxidation sites excluding steroid dienone is 7. The number of unbranched alkanes of at least 4 members (excludes halogenated alkanes) is 44. The molecule has 17 atom stereocenters.